The standard InChI is InChI=1S/C11H12ClNO2/c12-10(14)9-6-3-7-13(11(9)15)8-4-1-2-5-8/h3,6-8H,1-2,4-5H2. The van der Waals surface area contributed by atoms with Crippen LogP contribution in [0.4, 0.5) is 0 Å². The molecule has 0 bridgehead atoms. The summed E-state index contributed by atoms with van der Waals surface area (Å²) < 4.78 is 1.64. The Balaban J connectivity index is 2.44. The fourth-order valence-corrected chi connectivity index (χ4v) is 2.27. The van der Waals surface area contributed by atoms with Gasteiger partial charge in [0, 0.05) is 12.2 Å². The van der Waals surface area contributed by atoms with Crippen LogP contribution >= 0.6 is 11.6 Å². The Kier molecular flexibility index (Phi) is 2.91. The van der Waals surface area contributed by atoms with Gasteiger partial charge in [-0.25, -0.2) is 0 Å². The van der Waals surface area contributed by atoms with Crippen molar-refractivity contribution in [1.29, 1.82) is 0 Å². The van der Waals surface area contributed by atoms with E-state index in [1.807, 2.05) is 0 Å². The highest BCUT2D eigenvalue weighted by molar-refractivity contribution is 6.67. The molecule has 2 rings (SSSR count). The van der Waals surface area contributed by atoms with Crippen molar-refractivity contribution in [2.75, 3.05) is 0 Å². The second-order valence-corrected chi connectivity index (χ2v) is 4.19. The van der Waals surface area contributed by atoms with E-state index in [1.54, 1.807) is 16.8 Å². The summed E-state index contributed by atoms with van der Waals surface area (Å²) in [7, 11) is 0. The number of nitrogens with zero attached hydrogens (tertiary/aromatic N) is 1. The van der Waals surface area contributed by atoms with E-state index in [-0.39, 0.29) is 17.2 Å². The van der Waals surface area contributed by atoms with Crippen LogP contribution in [0.1, 0.15) is 42.1 Å². The molecule has 1 aromatic rings. The van der Waals surface area contributed by atoms with Gasteiger partial charge in [0.05, 0.1) is 5.56 Å². The summed E-state index contributed by atoms with van der Waals surface area (Å²) in [4.78, 5) is 22.8. The van der Waals surface area contributed by atoms with Crippen LogP contribution in [0.2, 0.25) is 0 Å². The molecule has 80 valence electrons. The lowest BCUT2D eigenvalue weighted by atomic mass is 10.2. The van der Waals surface area contributed by atoms with Crippen molar-refractivity contribution in [3.05, 3.63) is 34.2 Å². The fraction of sp³-hybridized carbons (Fsp3) is 0.455. The van der Waals surface area contributed by atoms with E-state index in [4.69, 9.17) is 11.6 Å². The summed E-state index contributed by atoms with van der Waals surface area (Å²) in [5.74, 6) is 0. The maximum absolute atomic E-state index is 11.9. The highest BCUT2D eigenvalue weighted by Crippen LogP contribution is 2.27. The zero-order valence-electron chi connectivity index (χ0n) is 8.28. The highest BCUT2D eigenvalue weighted by Gasteiger charge is 2.19. The van der Waals surface area contributed by atoms with Crippen LogP contribution in [-0.4, -0.2) is 9.81 Å². The van der Waals surface area contributed by atoms with E-state index in [2.05, 4.69) is 0 Å². The van der Waals surface area contributed by atoms with Crippen molar-refractivity contribution in [1.82, 2.24) is 4.57 Å². The smallest absolute Gasteiger partial charge is 0.262 e. The summed E-state index contributed by atoms with van der Waals surface area (Å²) in [5.41, 5.74) is -0.185. The number of hydrogen-bond donors (Lipinski definition) is 0. The van der Waals surface area contributed by atoms with Crippen molar-refractivity contribution in [3.63, 3.8) is 0 Å². The summed E-state index contributed by atoms with van der Waals surface area (Å²) in [6.07, 6.45) is 6.06. The van der Waals surface area contributed by atoms with Gasteiger partial charge in [-0.05, 0) is 36.6 Å². The SMILES string of the molecule is O=C(Cl)c1cccn(C2CCCC2)c1=O. The van der Waals surface area contributed by atoms with Gasteiger partial charge in [0.2, 0.25) is 0 Å². The summed E-state index contributed by atoms with van der Waals surface area (Å²) in [6, 6.07) is 3.42. The number of aromatic nitrogens is 1. The minimum absolute atomic E-state index is 0.0751. The van der Waals surface area contributed by atoms with Gasteiger partial charge in [-0.15, -0.1) is 0 Å². The molecule has 1 aromatic heterocycles. The maximum atomic E-state index is 11.9. The highest BCUT2D eigenvalue weighted by atomic mass is 35.5. The Labute approximate surface area is 92.7 Å². The third-order valence-corrected chi connectivity index (χ3v) is 3.11. The molecule has 0 amide bonds. The molecule has 0 aromatic carbocycles. The van der Waals surface area contributed by atoms with Gasteiger partial charge in [-0.1, -0.05) is 12.8 Å². The summed E-state index contributed by atoms with van der Waals surface area (Å²) >= 11 is 5.33. The molecule has 3 nitrogen and oxygen atoms in total. The number of hydrogen-bond acceptors (Lipinski definition) is 2. The Morgan fingerprint density at radius 1 is 1.40 bits per heavy atom. The van der Waals surface area contributed by atoms with Gasteiger partial charge >= 0.3 is 0 Å². The number of halogens is 1. The molecule has 1 fully saturated rings. The zero-order valence-corrected chi connectivity index (χ0v) is 9.04. The molecule has 0 radical (unpaired) electrons. The molecule has 0 N–H and O–H groups in total. The number of carbonyl (C=O) groups excluding carboxylic acids is 1. The van der Waals surface area contributed by atoms with Crippen LogP contribution in [0.5, 0.6) is 0 Å². The van der Waals surface area contributed by atoms with E-state index >= 15 is 0 Å². The van der Waals surface area contributed by atoms with Crippen LogP contribution in [-0.2, 0) is 0 Å². The van der Waals surface area contributed by atoms with Crippen LogP contribution in [0.25, 0.3) is 0 Å². The summed E-state index contributed by atoms with van der Waals surface area (Å²) in [5, 5.41) is -0.674. The first kappa shape index (κ1) is 10.4. The van der Waals surface area contributed by atoms with Gasteiger partial charge in [-0.2, -0.15) is 0 Å². The second kappa shape index (κ2) is 4.19. The Bertz CT molecular complexity index is 432. The van der Waals surface area contributed by atoms with Crippen molar-refractivity contribution in [2.24, 2.45) is 0 Å². The lowest BCUT2D eigenvalue weighted by Crippen LogP contribution is -2.26. The predicted octanol–water partition coefficient (Wildman–Crippen LogP) is 2.34. The molecule has 0 saturated heterocycles. The van der Waals surface area contributed by atoms with Crippen molar-refractivity contribution in [2.45, 2.75) is 31.7 Å². The Morgan fingerprint density at radius 3 is 2.67 bits per heavy atom. The Hall–Kier alpha value is -1.09. The largest absolute Gasteiger partial charge is 0.312 e. The summed E-state index contributed by atoms with van der Waals surface area (Å²) in [6.45, 7) is 0. The molecular formula is C11H12ClNO2. The van der Waals surface area contributed by atoms with Gasteiger partial charge in [0.1, 0.15) is 0 Å². The molecule has 1 saturated carbocycles. The third kappa shape index (κ3) is 1.97. The molecule has 1 heterocycles. The van der Waals surface area contributed by atoms with E-state index in [1.165, 1.54) is 6.07 Å². The predicted molar refractivity (Wildman–Crippen MR) is 58.4 cm³/mol. The molecule has 15 heavy (non-hydrogen) atoms. The minimum atomic E-state index is -0.674. The third-order valence-electron chi connectivity index (χ3n) is 2.90. The average molecular weight is 226 g/mol. The maximum Gasteiger partial charge on any atom is 0.262 e. The normalized spacial score (nSPS) is 16.9. The van der Waals surface area contributed by atoms with Gasteiger partial charge in [-0.3, -0.25) is 9.59 Å². The van der Waals surface area contributed by atoms with Crippen molar-refractivity contribution < 1.29 is 4.79 Å². The van der Waals surface area contributed by atoms with E-state index in [9.17, 15) is 9.59 Å². The minimum Gasteiger partial charge on any atom is -0.312 e. The number of pyridine rings is 1. The monoisotopic (exact) mass is 225 g/mol. The first-order valence-corrected chi connectivity index (χ1v) is 5.49. The lowest BCUT2D eigenvalue weighted by Gasteiger charge is -2.13. The number of carbonyl (C=O) groups is 1. The zero-order chi connectivity index (χ0) is 10.8. The van der Waals surface area contributed by atoms with Crippen molar-refractivity contribution >= 4 is 16.8 Å². The van der Waals surface area contributed by atoms with Gasteiger partial charge in [0.15, 0.2) is 0 Å². The van der Waals surface area contributed by atoms with E-state index < -0.39 is 5.24 Å². The van der Waals surface area contributed by atoms with Crippen LogP contribution in [0.3, 0.4) is 0 Å². The van der Waals surface area contributed by atoms with E-state index in [0.29, 0.717) is 0 Å². The second-order valence-electron chi connectivity index (χ2n) is 3.85. The molecular weight excluding hydrogens is 214 g/mol. The topological polar surface area (TPSA) is 39.1 Å². The molecule has 0 unspecified atom stereocenters. The molecule has 1 aliphatic rings. The quantitative estimate of drug-likeness (QED) is 0.725. The lowest BCUT2D eigenvalue weighted by molar-refractivity contribution is 0.107. The van der Waals surface area contributed by atoms with Crippen LogP contribution < -0.4 is 5.56 Å². The van der Waals surface area contributed by atoms with Crippen LogP contribution in [0.15, 0.2) is 23.1 Å². The fourth-order valence-electron chi connectivity index (χ4n) is 2.13. The first-order valence-electron chi connectivity index (χ1n) is 5.11. The molecule has 0 spiro atoms. The molecule has 1 aliphatic carbocycles. The average Bonchev–Trinajstić information content (AvgIpc) is 2.70. The van der Waals surface area contributed by atoms with Gasteiger partial charge in [0.25, 0.3) is 10.8 Å². The molecule has 0 aliphatic heterocycles. The number of rotatable bonds is 2. The van der Waals surface area contributed by atoms with E-state index in [0.717, 1.165) is 25.7 Å². The first-order chi connectivity index (χ1) is 7.20. The van der Waals surface area contributed by atoms with Crippen LogP contribution in [0, 0.1) is 0 Å². The van der Waals surface area contributed by atoms with Gasteiger partial charge < -0.3 is 4.57 Å². The Morgan fingerprint density at radius 2 is 2.07 bits per heavy atom. The molecule has 4 heteroatoms. The molecule has 0 atom stereocenters. The van der Waals surface area contributed by atoms with Crippen molar-refractivity contribution in [3.8, 4) is 0 Å².